The predicted octanol–water partition coefficient (Wildman–Crippen LogP) is 5.27. The van der Waals surface area contributed by atoms with Crippen LogP contribution in [-0.2, 0) is 4.65 Å². The molecule has 2 atom stereocenters. The highest BCUT2D eigenvalue weighted by molar-refractivity contribution is 6.55. The van der Waals surface area contributed by atoms with Crippen molar-refractivity contribution in [3.8, 4) is 0 Å². The van der Waals surface area contributed by atoms with Crippen LogP contribution >= 0.6 is 0 Å². The summed E-state index contributed by atoms with van der Waals surface area (Å²) in [6, 6.07) is 11.1. The standard InChI is InChI=1S/C21H32BNO/c1-17-20(19-12-6-5-7-13-19)24-22(23(17)16-21(2,3)4)15-14-18-10-8-9-11-18/h5-7,12-15,17-18,20H,8-11,16H2,1-4H3/b15-14+/t17-,20-/m0/s1. The van der Waals surface area contributed by atoms with Crippen LogP contribution in [0.15, 0.2) is 42.4 Å². The minimum Gasteiger partial charge on any atom is -0.409 e. The lowest BCUT2D eigenvalue weighted by molar-refractivity contribution is 0.190. The predicted molar refractivity (Wildman–Crippen MR) is 103 cm³/mol. The third-order valence-corrected chi connectivity index (χ3v) is 5.31. The van der Waals surface area contributed by atoms with Gasteiger partial charge in [-0.25, -0.2) is 0 Å². The van der Waals surface area contributed by atoms with E-state index in [4.69, 9.17) is 4.65 Å². The van der Waals surface area contributed by atoms with Crippen molar-refractivity contribution in [2.45, 2.75) is 65.5 Å². The molecule has 130 valence electrons. The maximum absolute atomic E-state index is 6.52. The third kappa shape index (κ3) is 4.31. The molecule has 3 heteroatoms. The van der Waals surface area contributed by atoms with Gasteiger partial charge in [-0.05, 0) is 43.2 Å². The Labute approximate surface area is 148 Å². The fourth-order valence-corrected chi connectivity index (χ4v) is 4.09. The van der Waals surface area contributed by atoms with E-state index in [-0.39, 0.29) is 18.6 Å². The smallest absolute Gasteiger partial charge is 0.409 e. The number of hydrogen-bond acceptors (Lipinski definition) is 2. The summed E-state index contributed by atoms with van der Waals surface area (Å²) in [6.45, 7) is 10.3. The molecule has 3 rings (SSSR count). The monoisotopic (exact) mass is 325 g/mol. The van der Waals surface area contributed by atoms with E-state index in [0.717, 1.165) is 12.5 Å². The molecule has 1 aromatic carbocycles. The van der Waals surface area contributed by atoms with Crippen LogP contribution in [0.5, 0.6) is 0 Å². The summed E-state index contributed by atoms with van der Waals surface area (Å²) in [4.78, 5) is 2.54. The van der Waals surface area contributed by atoms with E-state index >= 15 is 0 Å². The fraction of sp³-hybridized carbons (Fsp3) is 0.619. The third-order valence-electron chi connectivity index (χ3n) is 5.31. The summed E-state index contributed by atoms with van der Waals surface area (Å²) < 4.78 is 6.52. The van der Waals surface area contributed by atoms with Gasteiger partial charge >= 0.3 is 7.05 Å². The lowest BCUT2D eigenvalue weighted by atomic mass is 9.77. The summed E-state index contributed by atoms with van der Waals surface area (Å²) in [7, 11) is 0.102. The second-order valence-corrected chi connectivity index (χ2v) is 8.76. The van der Waals surface area contributed by atoms with E-state index in [2.05, 4.69) is 74.9 Å². The van der Waals surface area contributed by atoms with Crippen molar-refractivity contribution in [3.05, 3.63) is 47.9 Å². The minimum absolute atomic E-state index is 0.102. The van der Waals surface area contributed by atoms with Crippen LogP contribution in [0.1, 0.15) is 65.0 Å². The molecule has 1 saturated carbocycles. The molecule has 1 aliphatic heterocycles. The van der Waals surface area contributed by atoms with Gasteiger partial charge in [0.2, 0.25) is 0 Å². The Morgan fingerprint density at radius 2 is 1.83 bits per heavy atom. The van der Waals surface area contributed by atoms with Gasteiger partial charge in [-0.2, -0.15) is 0 Å². The molecule has 0 aromatic heterocycles. The van der Waals surface area contributed by atoms with Crippen LogP contribution in [0.25, 0.3) is 0 Å². The fourth-order valence-electron chi connectivity index (χ4n) is 4.09. The van der Waals surface area contributed by atoms with Gasteiger partial charge in [0.1, 0.15) is 0 Å². The first-order chi connectivity index (χ1) is 11.4. The molecular formula is C21H32BNO. The maximum atomic E-state index is 6.52. The van der Waals surface area contributed by atoms with Crippen molar-refractivity contribution in [3.63, 3.8) is 0 Å². The van der Waals surface area contributed by atoms with Gasteiger partial charge in [-0.1, -0.05) is 76.0 Å². The van der Waals surface area contributed by atoms with E-state index in [9.17, 15) is 0 Å². The second-order valence-electron chi connectivity index (χ2n) is 8.76. The van der Waals surface area contributed by atoms with E-state index in [0.29, 0.717) is 6.04 Å². The van der Waals surface area contributed by atoms with Crippen LogP contribution in [0, 0.1) is 11.3 Å². The van der Waals surface area contributed by atoms with Gasteiger partial charge in [-0.15, -0.1) is 0 Å². The lowest BCUT2D eigenvalue weighted by Crippen LogP contribution is -2.43. The molecule has 1 saturated heterocycles. The maximum Gasteiger partial charge on any atom is 0.411 e. The van der Waals surface area contributed by atoms with Crippen LogP contribution in [0.3, 0.4) is 0 Å². The first-order valence-corrected chi connectivity index (χ1v) is 9.58. The molecule has 1 aliphatic carbocycles. The molecule has 0 N–H and O–H groups in total. The zero-order valence-corrected chi connectivity index (χ0v) is 15.7. The van der Waals surface area contributed by atoms with Crippen molar-refractivity contribution in [1.29, 1.82) is 0 Å². The second kappa shape index (κ2) is 7.45. The lowest BCUT2D eigenvalue weighted by Gasteiger charge is -2.31. The molecule has 24 heavy (non-hydrogen) atoms. The summed E-state index contributed by atoms with van der Waals surface area (Å²) >= 11 is 0. The van der Waals surface area contributed by atoms with Crippen molar-refractivity contribution < 1.29 is 4.65 Å². The summed E-state index contributed by atoms with van der Waals surface area (Å²) in [5, 5.41) is 0. The van der Waals surface area contributed by atoms with E-state index in [1.807, 2.05) is 0 Å². The van der Waals surface area contributed by atoms with Crippen LogP contribution in [0.4, 0.5) is 0 Å². The Bertz CT molecular complexity index is 545. The first kappa shape index (κ1) is 17.8. The van der Waals surface area contributed by atoms with Crippen molar-refractivity contribution >= 4 is 7.05 Å². The Morgan fingerprint density at radius 1 is 1.17 bits per heavy atom. The van der Waals surface area contributed by atoms with E-state index in [1.165, 1.54) is 31.2 Å². The largest absolute Gasteiger partial charge is 0.411 e. The number of nitrogens with zero attached hydrogens (tertiary/aromatic N) is 1. The molecule has 0 unspecified atom stereocenters. The Balaban J connectivity index is 1.78. The zero-order valence-electron chi connectivity index (χ0n) is 15.7. The van der Waals surface area contributed by atoms with Gasteiger partial charge in [0.05, 0.1) is 6.10 Å². The average molecular weight is 325 g/mol. The van der Waals surface area contributed by atoms with Gasteiger partial charge in [-0.3, -0.25) is 0 Å². The number of rotatable bonds is 4. The molecule has 0 spiro atoms. The average Bonchev–Trinajstić information content (AvgIpc) is 3.15. The minimum atomic E-state index is 0.102. The van der Waals surface area contributed by atoms with Crippen molar-refractivity contribution in [2.75, 3.05) is 6.54 Å². The Kier molecular flexibility index (Phi) is 5.51. The SMILES string of the molecule is C[C@H]1[C@@H](c2ccccc2)OB(/C=C/C2CCCC2)N1CC(C)(C)C. The van der Waals surface area contributed by atoms with E-state index in [1.54, 1.807) is 0 Å². The number of benzene rings is 1. The summed E-state index contributed by atoms with van der Waals surface area (Å²) in [5.74, 6) is 3.09. The van der Waals surface area contributed by atoms with Gasteiger partial charge in [0.25, 0.3) is 0 Å². The molecule has 2 nitrogen and oxygen atoms in total. The van der Waals surface area contributed by atoms with Gasteiger partial charge in [0.15, 0.2) is 0 Å². The quantitative estimate of drug-likeness (QED) is 0.699. The number of hydrogen-bond donors (Lipinski definition) is 0. The molecule has 0 bridgehead atoms. The normalized spacial score (nSPS) is 26.8. The molecule has 2 fully saturated rings. The molecule has 2 aliphatic rings. The Morgan fingerprint density at radius 3 is 2.46 bits per heavy atom. The molecule has 0 amide bonds. The first-order valence-electron chi connectivity index (χ1n) is 9.58. The van der Waals surface area contributed by atoms with Crippen LogP contribution in [-0.4, -0.2) is 24.4 Å². The highest BCUT2D eigenvalue weighted by Gasteiger charge is 2.43. The van der Waals surface area contributed by atoms with Crippen molar-refractivity contribution in [1.82, 2.24) is 4.81 Å². The molecule has 1 aromatic rings. The van der Waals surface area contributed by atoms with Crippen LogP contribution < -0.4 is 0 Å². The van der Waals surface area contributed by atoms with Gasteiger partial charge < -0.3 is 9.47 Å². The molecule has 1 heterocycles. The highest BCUT2D eigenvalue weighted by atomic mass is 16.5. The zero-order chi connectivity index (χ0) is 17.2. The summed E-state index contributed by atoms with van der Waals surface area (Å²) in [6.07, 6.45) is 8.05. The number of allylic oxidation sites excluding steroid dienone is 1. The van der Waals surface area contributed by atoms with E-state index < -0.39 is 0 Å². The molecule has 0 radical (unpaired) electrons. The summed E-state index contributed by atoms with van der Waals surface area (Å²) in [5.41, 5.74) is 1.56. The highest BCUT2D eigenvalue weighted by Crippen LogP contribution is 2.36. The molecular weight excluding hydrogens is 293 g/mol. The van der Waals surface area contributed by atoms with Crippen LogP contribution in [0.2, 0.25) is 0 Å². The van der Waals surface area contributed by atoms with Crippen molar-refractivity contribution in [2.24, 2.45) is 11.3 Å². The topological polar surface area (TPSA) is 12.5 Å². The Hall–Kier alpha value is -1.06. The van der Waals surface area contributed by atoms with Gasteiger partial charge in [0, 0.05) is 6.04 Å².